The lowest BCUT2D eigenvalue weighted by atomic mass is 10.0. The number of benzene rings is 2. The number of ketones is 1. The van der Waals surface area contributed by atoms with Crippen LogP contribution in [0.3, 0.4) is 0 Å². The van der Waals surface area contributed by atoms with E-state index in [0.29, 0.717) is 48.3 Å². The fourth-order valence-corrected chi connectivity index (χ4v) is 6.19. The van der Waals surface area contributed by atoms with Crippen LogP contribution in [0.4, 0.5) is 0 Å². The molecular formula is C22H19NO7S. The molecule has 0 bridgehead atoms. The molecule has 8 nitrogen and oxygen atoms in total. The van der Waals surface area contributed by atoms with E-state index in [4.69, 9.17) is 18.9 Å². The molecular weight excluding hydrogens is 422 g/mol. The highest BCUT2D eigenvalue weighted by molar-refractivity contribution is 7.91. The van der Waals surface area contributed by atoms with Crippen LogP contribution in [-0.2, 0) is 16.4 Å². The molecule has 9 heteroatoms. The van der Waals surface area contributed by atoms with E-state index in [0.717, 1.165) is 11.1 Å². The van der Waals surface area contributed by atoms with Gasteiger partial charge in [-0.15, -0.1) is 0 Å². The minimum absolute atomic E-state index is 0.0882. The quantitative estimate of drug-likeness (QED) is 0.656. The van der Waals surface area contributed by atoms with Crippen LogP contribution in [0.2, 0.25) is 0 Å². The Kier molecular flexibility index (Phi) is 4.06. The Hall–Kier alpha value is -3.04. The molecule has 0 aliphatic carbocycles. The van der Waals surface area contributed by atoms with Gasteiger partial charge in [0.25, 0.3) is 0 Å². The first-order chi connectivity index (χ1) is 15.0. The molecule has 0 radical (unpaired) electrons. The van der Waals surface area contributed by atoms with Gasteiger partial charge in [-0.25, -0.2) is 8.42 Å². The standard InChI is InChI=1S/C22H19NO7S/c24-21-15-2-4-17-16(9-23(11-27-17)14-5-6-31(25,26)10-14)22(15)30-20(21)8-13-1-3-18-19(7-13)29-12-28-18/h1-4,7-8,14H,5-6,9-12H2/b20-8+. The first-order valence-electron chi connectivity index (χ1n) is 10.0. The number of allylic oxidation sites excluding steroid dienone is 1. The summed E-state index contributed by atoms with van der Waals surface area (Å²) >= 11 is 0. The molecule has 160 valence electrons. The summed E-state index contributed by atoms with van der Waals surface area (Å²) in [5, 5.41) is 0. The molecule has 2 aromatic rings. The van der Waals surface area contributed by atoms with E-state index in [9.17, 15) is 13.2 Å². The fraction of sp³-hybridized carbons (Fsp3) is 0.318. The highest BCUT2D eigenvalue weighted by atomic mass is 32.2. The zero-order valence-corrected chi connectivity index (χ0v) is 17.3. The van der Waals surface area contributed by atoms with Crippen LogP contribution in [0.15, 0.2) is 36.1 Å². The molecule has 0 amide bonds. The van der Waals surface area contributed by atoms with Gasteiger partial charge in [0.15, 0.2) is 27.1 Å². The summed E-state index contributed by atoms with van der Waals surface area (Å²) in [7, 11) is -3.00. The van der Waals surface area contributed by atoms with Gasteiger partial charge in [0.2, 0.25) is 12.6 Å². The summed E-state index contributed by atoms with van der Waals surface area (Å²) in [5.74, 6) is 2.81. The average Bonchev–Trinajstić information content (AvgIpc) is 3.45. The summed E-state index contributed by atoms with van der Waals surface area (Å²) < 4.78 is 46.4. The van der Waals surface area contributed by atoms with Crippen molar-refractivity contribution in [2.24, 2.45) is 0 Å². The van der Waals surface area contributed by atoms with Crippen LogP contribution >= 0.6 is 0 Å². The van der Waals surface area contributed by atoms with Crippen LogP contribution in [0.5, 0.6) is 23.0 Å². The molecule has 2 aromatic carbocycles. The lowest BCUT2D eigenvalue weighted by Gasteiger charge is -2.33. The number of hydrogen-bond acceptors (Lipinski definition) is 8. The van der Waals surface area contributed by atoms with Crippen molar-refractivity contribution >= 4 is 21.7 Å². The van der Waals surface area contributed by atoms with E-state index < -0.39 is 9.84 Å². The average molecular weight is 441 g/mol. The molecule has 31 heavy (non-hydrogen) atoms. The zero-order chi connectivity index (χ0) is 21.2. The van der Waals surface area contributed by atoms with E-state index >= 15 is 0 Å². The molecule has 1 fully saturated rings. The number of carbonyl (C=O) groups is 1. The third kappa shape index (κ3) is 3.16. The van der Waals surface area contributed by atoms with Gasteiger partial charge in [0.1, 0.15) is 18.2 Å². The summed E-state index contributed by atoms with van der Waals surface area (Å²) in [4.78, 5) is 15.0. The van der Waals surface area contributed by atoms with Crippen LogP contribution in [0, 0.1) is 0 Å². The van der Waals surface area contributed by atoms with Gasteiger partial charge in [-0.3, -0.25) is 9.69 Å². The monoisotopic (exact) mass is 441 g/mol. The summed E-state index contributed by atoms with van der Waals surface area (Å²) in [6.07, 6.45) is 2.27. The Morgan fingerprint density at radius 3 is 2.71 bits per heavy atom. The topological polar surface area (TPSA) is 91.4 Å². The maximum Gasteiger partial charge on any atom is 0.231 e. The summed E-state index contributed by atoms with van der Waals surface area (Å²) in [6, 6.07) is 8.84. The number of nitrogens with zero attached hydrogens (tertiary/aromatic N) is 1. The van der Waals surface area contributed by atoms with E-state index in [1.807, 2.05) is 11.0 Å². The van der Waals surface area contributed by atoms with Gasteiger partial charge in [0.05, 0.1) is 22.6 Å². The third-order valence-corrected chi connectivity index (χ3v) is 7.81. The zero-order valence-electron chi connectivity index (χ0n) is 16.5. The van der Waals surface area contributed by atoms with Crippen molar-refractivity contribution in [1.82, 2.24) is 4.90 Å². The van der Waals surface area contributed by atoms with Crippen molar-refractivity contribution < 1.29 is 32.2 Å². The van der Waals surface area contributed by atoms with Gasteiger partial charge < -0.3 is 18.9 Å². The van der Waals surface area contributed by atoms with Crippen molar-refractivity contribution in [2.75, 3.05) is 25.0 Å². The second-order valence-electron chi connectivity index (χ2n) is 8.05. The van der Waals surface area contributed by atoms with Crippen molar-refractivity contribution in [1.29, 1.82) is 0 Å². The second kappa shape index (κ2) is 6.73. The van der Waals surface area contributed by atoms with Crippen LogP contribution in [0.1, 0.15) is 27.9 Å². The number of sulfone groups is 1. The Bertz CT molecular complexity index is 1250. The first kappa shape index (κ1) is 18.7. The molecule has 0 N–H and O–H groups in total. The number of rotatable bonds is 2. The highest BCUT2D eigenvalue weighted by Crippen LogP contribution is 2.43. The van der Waals surface area contributed by atoms with Gasteiger partial charge in [-0.2, -0.15) is 0 Å². The minimum atomic E-state index is -3.00. The molecule has 0 spiro atoms. The normalized spacial score (nSPS) is 24.6. The molecule has 1 atom stereocenters. The molecule has 4 aliphatic heterocycles. The van der Waals surface area contributed by atoms with Gasteiger partial charge in [-0.1, -0.05) is 6.07 Å². The summed E-state index contributed by atoms with van der Waals surface area (Å²) in [6.45, 7) is 0.976. The second-order valence-corrected chi connectivity index (χ2v) is 10.3. The van der Waals surface area contributed by atoms with Crippen molar-refractivity contribution in [3.63, 3.8) is 0 Å². The number of ether oxygens (including phenoxy) is 4. The number of carbonyl (C=O) groups excluding carboxylic acids is 1. The SMILES string of the molecule is O=C1/C(=C\c2ccc3c(c2)OCO3)Oc2c1ccc1c2CN(C2CCS(=O)(=O)C2)CO1. The predicted molar refractivity (Wildman–Crippen MR) is 110 cm³/mol. The lowest BCUT2D eigenvalue weighted by molar-refractivity contribution is 0.0634. The van der Waals surface area contributed by atoms with E-state index in [1.165, 1.54) is 0 Å². The van der Waals surface area contributed by atoms with Gasteiger partial charge >= 0.3 is 0 Å². The highest BCUT2D eigenvalue weighted by Gasteiger charge is 2.38. The number of hydrogen-bond donors (Lipinski definition) is 0. The molecule has 0 aromatic heterocycles. The maximum absolute atomic E-state index is 13.0. The van der Waals surface area contributed by atoms with Crippen molar-refractivity contribution in [3.8, 4) is 23.0 Å². The third-order valence-electron chi connectivity index (χ3n) is 6.06. The van der Waals surface area contributed by atoms with Gasteiger partial charge in [0, 0.05) is 12.6 Å². The van der Waals surface area contributed by atoms with Crippen molar-refractivity contribution in [2.45, 2.75) is 19.0 Å². The molecule has 1 unspecified atom stereocenters. The number of Topliss-reactive ketones (excluding diaryl/α,β-unsaturated/α-hetero) is 1. The predicted octanol–water partition coefficient (Wildman–Crippen LogP) is 2.37. The lowest BCUT2D eigenvalue weighted by Crippen LogP contribution is -2.41. The maximum atomic E-state index is 13.0. The largest absolute Gasteiger partial charge is 0.478 e. The van der Waals surface area contributed by atoms with Crippen LogP contribution in [-0.4, -0.2) is 50.2 Å². The van der Waals surface area contributed by atoms with Gasteiger partial charge in [-0.05, 0) is 42.3 Å². The number of fused-ring (bicyclic) bond motifs is 4. The molecule has 4 aliphatic rings. The van der Waals surface area contributed by atoms with Crippen LogP contribution < -0.4 is 18.9 Å². The van der Waals surface area contributed by atoms with E-state index in [1.54, 1.807) is 30.3 Å². The molecule has 0 saturated carbocycles. The Labute approximate surface area is 178 Å². The molecule has 1 saturated heterocycles. The van der Waals surface area contributed by atoms with E-state index in [2.05, 4.69) is 0 Å². The Morgan fingerprint density at radius 2 is 1.87 bits per heavy atom. The minimum Gasteiger partial charge on any atom is -0.478 e. The fourth-order valence-electron chi connectivity index (χ4n) is 4.43. The molecule has 4 heterocycles. The Morgan fingerprint density at radius 1 is 1.03 bits per heavy atom. The smallest absolute Gasteiger partial charge is 0.231 e. The first-order valence-corrected chi connectivity index (χ1v) is 11.9. The Balaban J connectivity index is 1.30. The summed E-state index contributed by atoms with van der Waals surface area (Å²) in [5.41, 5.74) is 2.02. The van der Waals surface area contributed by atoms with E-state index in [-0.39, 0.29) is 35.9 Å². The van der Waals surface area contributed by atoms with Crippen LogP contribution in [0.25, 0.3) is 6.08 Å². The molecule has 6 rings (SSSR count). The van der Waals surface area contributed by atoms with Crippen molar-refractivity contribution in [3.05, 3.63) is 52.8 Å².